The lowest BCUT2D eigenvalue weighted by Gasteiger charge is -2.27. The van der Waals surface area contributed by atoms with Crippen molar-refractivity contribution in [3.8, 4) is 22.3 Å². The van der Waals surface area contributed by atoms with Crippen LogP contribution in [0.1, 0.15) is 85.3 Å². The zero-order valence-corrected chi connectivity index (χ0v) is 45.6. The summed E-state index contributed by atoms with van der Waals surface area (Å²) in [6, 6.07) is 18.4. The molecule has 2 heterocycles. The zero-order chi connectivity index (χ0) is 49.6. The van der Waals surface area contributed by atoms with Crippen LogP contribution in [-0.4, -0.2) is 86.2 Å². The molecule has 69 heavy (non-hydrogen) atoms. The predicted octanol–water partition coefficient (Wildman–Crippen LogP) is 10.1. The standard InChI is InChI=1S/C28H41BN3O3Si.C27H41N3O2Si/c1-19-26(20(2)32(31-19)18-35-14-15-36(3,4)5)22-8-6-21(7-9-22)16-25(34)28(30-29-17-33)27(23-10-11-23)24-12-13-24;1-18-25(19(2)30(29-18)17-32-14-15-33(3,4)5)21-8-6-20(7-9-21)16-24(31)27(28)26(22-10-11-22)23-12-13-23/h6-9,17,23-24,27-28,30H,10-16,18H2,1-5H3;6-9,22-23,26-27H,10-17,28H2,1-5H3/t28-;27-/m11/s1. The van der Waals surface area contributed by atoms with Crippen LogP contribution in [0, 0.1) is 63.2 Å². The van der Waals surface area contributed by atoms with Crippen molar-refractivity contribution in [3.05, 3.63) is 82.4 Å². The minimum Gasteiger partial charge on any atom is -0.360 e. The third-order valence-corrected chi connectivity index (χ3v) is 18.4. The molecule has 0 unspecified atom stereocenters. The van der Waals surface area contributed by atoms with E-state index in [0.717, 1.165) is 87.6 Å². The van der Waals surface area contributed by atoms with E-state index in [1.807, 2.05) is 23.2 Å². The van der Waals surface area contributed by atoms with Gasteiger partial charge in [0.2, 0.25) is 0 Å². The number of nitrogens with one attached hydrogen (secondary N) is 1. The molecule has 4 aliphatic rings. The molecule has 4 fully saturated rings. The number of ether oxygens (including phenoxy) is 2. The molecule has 0 saturated heterocycles. The summed E-state index contributed by atoms with van der Waals surface area (Å²) in [6.07, 6.45) is 11.4. The molecule has 0 amide bonds. The molecule has 11 nitrogen and oxygen atoms in total. The average Bonchev–Trinajstić information content (AvgIpc) is 4.08. The highest BCUT2D eigenvalue weighted by molar-refractivity contribution is 6.76. The van der Waals surface area contributed by atoms with E-state index in [4.69, 9.17) is 25.4 Å². The van der Waals surface area contributed by atoms with Crippen LogP contribution >= 0.6 is 0 Å². The van der Waals surface area contributed by atoms with Gasteiger partial charge in [0.15, 0.2) is 11.6 Å². The monoisotopic (exact) mass is 974 g/mol. The second-order valence-corrected chi connectivity index (χ2v) is 34.7. The van der Waals surface area contributed by atoms with Crippen LogP contribution in [0.15, 0.2) is 48.5 Å². The van der Waals surface area contributed by atoms with Gasteiger partial charge in [-0.05, 0) is 149 Å². The molecule has 0 bridgehead atoms. The van der Waals surface area contributed by atoms with Gasteiger partial charge in [-0.15, -0.1) is 0 Å². The predicted molar refractivity (Wildman–Crippen MR) is 285 cm³/mol. The normalized spacial score (nSPS) is 17.2. The van der Waals surface area contributed by atoms with Crippen LogP contribution in [0.4, 0.5) is 0 Å². The van der Waals surface area contributed by atoms with Crippen molar-refractivity contribution in [3.63, 3.8) is 0 Å². The maximum Gasteiger partial charge on any atom is 0.290 e. The van der Waals surface area contributed by atoms with Gasteiger partial charge in [0.1, 0.15) is 13.5 Å². The summed E-state index contributed by atoms with van der Waals surface area (Å²) in [5, 5.41) is 12.6. The molecule has 2 aromatic heterocycles. The number of nitrogens with zero attached hydrogens (tertiary/aromatic N) is 4. The lowest BCUT2D eigenvalue weighted by atomic mass is 9.81. The fourth-order valence-electron chi connectivity index (χ4n) is 10.3. The van der Waals surface area contributed by atoms with Gasteiger partial charge in [-0.1, -0.05) is 87.8 Å². The van der Waals surface area contributed by atoms with Gasteiger partial charge in [-0.2, -0.15) is 10.2 Å². The summed E-state index contributed by atoms with van der Waals surface area (Å²) in [4.78, 5) is 37.3. The number of carbonyl (C=O) groups is 3. The van der Waals surface area contributed by atoms with E-state index in [1.54, 1.807) is 0 Å². The lowest BCUT2D eigenvalue weighted by Crippen LogP contribution is -2.47. The van der Waals surface area contributed by atoms with Crippen molar-refractivity contribution in [2.45, 2.75) is 169 Å². The van der Waals surface area contributed by atoms with Crippen molar-refractivity contribution >= 4 is 41.3 Å². The van der Waals surface area contributed by atoms with E-state index in [0.29, 0.717) is 61.8 Å². The van der Waals surface area contributed by atoms with Gasteiger partial charge in [0.05, 0.1) is 29.7 Å². The first-order valence-electron chi connectivity index (χ1n) is 26.1. The average molecular weight is 974 g/mol. The number of hydrogen-bond donors (Lipinski definition) is 2. The lowest BCUT2D eigenvalue weighted by molar-refractivity contribution is -0.122. The number of nitrogens with two attached hydrogens (primary N) is 1. The Hall–Kier alpha value is -3.79. The number of Topliss-reactive ketones (excluding diaryl/α,β-unsaturated/α-hetero) is 2. The molecule has 14 heteroatoms. The van der Waals surface area contributed by atoms with Gasteiger partial charge in [0, 0.05) is 64.7 Å². The molecular formula is C55H82BN6O5Si2. The number of aryl methyl sites for hydroxylation is 2. The van der Waals surface area contributed by atoms with Crippen molar-refractivity contribution in [1.82, 2.24) is 24.8 Å². The molecule has 4 aromatic rings. The number of rotatable bonds is 27. The Morgan fingerprint density at radius 3 is 1.39 bits per heavy atom. The number of aromatic nitrogens is 4. The van der Waals surface area contributed by atoms with Gasteiger partial charge < -0.3 is 25.2 Å². The molecule has 4 aliphatic carbocycles. The Bertz CT molecular complexity index is 2330. The third-order valence-electron chi connectivity index (χ3n) is 15.0. The maximum absolute atomic E-state index is 13.4. The molecule has 373 valence electrons. The summed E-state index contributed by atoms with van der Waals surface area (Å²) >= 11 is 0. The first kappa shape index (κ1) is 53.0. The number of benzene rings is 2. The van der Waals surface area contributed by atoms with Gasteiger partial charge >= 0.3 is 0 Å². The molecule has 1 radical (unpaired) electrons. The van der Waals surface area contributed by atoms with Crippen molar-refractivity contribution in [2.24, 2.45) is 41.2 Å². The van der Waals surface area contributed by atoms with Crippen LogP contribution in [-0.2, 0) is 50.2 Å². The molecule has 2 atom stereocenters. The van der Waals surface area contributed by atoms with Crippen molar-refractivity contribution < 1.29 is 23.9 Å². The van der Waals surface area contributed by atoms with Gasteiger partial charge in [-0.25, -0.2) is 9.36 Å². The summed E-state index contributed by atoms with van der Waals surface area (Å²) < 4.78 is 15.7. The molecular weight excluding hydrogens is 892 g/mol. The zero-order valence-electron chi connectivity index (χ0n) is 43.6. The van der Waals surface area contributed by atoms with Crippen LogP contribution in [0.5, 0.6) is 0 Å². The first-order chi connectivity index (χ1) is 32.8. The molecule has 4 saturated carbocycles. The largest absolute Gasteiger partial charge is 0.360 e. The Morgan fingerprint density at radius 2 is 1.03 bits per heavy atom. The van der Waals surface area contributed by atoms with Gasteiger partial charge in [0.25, 0.3) is 7.41 Å². The fraction of sp³-hybridized carbons (Fsp3) is 0.618. The minimum atomic E-state index is -1.11. The molecule has 0 spiro atoms. The Labute approximate surface area is 416 Å². The van der Waals surface area contributed by atoms with E-state index in [9.17, 15) is 14.4 Å². The van der Waals surface area contributed by atoms with Crippen molar-refractivity contribution in [1.29, 1.82) is 0 Å². The highest BCUT2D eigenvalue weighted by Gasteiger charge is 2.48. The Kier molecular flexibility index (Phi) is 17.8. The molecule has 3 N–H and O–H groups in total. The number of carbonyl (C=O) groups excluding carboxylic acids is 3. The molecule has 8 rings (SSSR count). The first-order valence-corrected chi connectivity index (χ1v) is 33.5. The topological polar surface area (TPSA) is 143 Å². The third kappa shape index (κ3) is 15.1. The highest BCUT2D eigenvalue weighted by Crippen LogP contribution is 2.52. The minimum absolute atomic E-state index is 0.181. The second kappa shape index (κ2) is 23.2. The van der Waals surface area contributed by atoms with Crippen LogP contribution in [0.25, 0.3) is 22.3 Å². The summed E-state index contributed by atoms with van der Waals surface area (Å²) in [5.41, 5.74) is 17.2. The number of ketones is 2. The van der Waals surface area contributed by atoms with Gasteiger partial charge in [-0.3, -0.25) is 9.59 Å². The summed E-state index contributed by atoms with van der Waals surface area (Å²) in [7, 11) is -0.796. The van der Waals surface area contributed by atoms with Crippen LogP contribution in [0.3, 0.4) is 0 Å². The molecule has 2 aromatic carbocycles. The fourth-order valence-corrected chi connectivity index (χ4v) is 11.9. The van der Waals surface area contributed by atoms with E-state index in [1.165, 1.54) is 58.8 Å². The second-order valence-electron chi connectivity index (χ2n) is 23.4. The Morgan fingerprint density at radius 1 is 0.652 bits per heavy atom. The maximum atomic E-state index is 13.4. The smallest absolute Gasteiger partial charge is 0.290 e. The van der Waals surface area contributed by atoms with E-state index >= 15 is 0 Å². The quantitative estimate of drug-likeness (QED) is 0.0339. The Balaban J connectivity index is 0.000000205. The van der Waals surface area contributed by atoms with Crippen LogP contribution in [0.2, 0.25) is 51.4 Å². The summed E-state index contributed by atoms with van der Waals surface area (Å²) in [5.74, 6) is 3.80. The van der Waals surface area contributed by atoms with E-state index in [-0.39, 0.29) is 23.7 Å². The molecule has 0 aliphatic heterocycles. The van der Waals surface area contributed by atoms with E-state index in [2.05, 4.69) is 107 Å². The number of hydrogen-bond acceptors (Lipinski definition) is 9. The van der Waals surface area contributed by atoms with Crippen molar-refractivity contribution in [2.75, 3.05) is 13.2 Å². The summed E-state index contributed by atoms with van der Waals surface area (Å²) in [6.45, 7) is 24.9. The van der Waals surface area contributed by atoms with Crippen LogP contribution < -0.4 is 11.0 Å². The SMILES string of the molecule is Cc1nn(COCC[Si](C)(C)C)c(C)c1-c1ccc(CC(=O)[C@@H](N)C(C2CC2)C2CC2)cc1.Cc1nn(COCC[Si](C)(C)C)c(C)c1-c1ccc(CC(=O)[C@@H](N[B]C=O)C(C2CC2)C2CC2)cc1. The van der Waals surface area contributed by atoms with E-state index < -0.39 is 16.1 Å². The highest BCUT2D eigenvalue weighted by atomic mass is 28.3.